The van der Waals surface area contributed by atoms with Crippen LogP contribution in [0, 0.1) is 41.4 Å². The summed E-state index contributed by atoms with van der Waals surface area (Å²) in [5.74, 6) is 3.95. The second kappa shape index (κ2) is 8.49. The number of aliphatic hydroxyl groups is 1. The molecule has 3 heteroatoms. The zero-order valence-electron chi connectivity index (χ0n) is 17.9. The minimum atomic E-state index is -0.168. The van der Waals surface area contributed by atoms with Crippen molar-refractivity contribution in [2.24, 2.45) is 41.4 Å². The molecule has 1 saturated carbocycles. The molecule has 3 aliphatic rings. The fraction of sp³-hybridized carbons (Fsp3) is 1.00. The number of fused-ring (bicyclic) bond motifs is 1. The molecular formula is C23H42O3. The maximum atomic E-state index is 10.8. The molecule has 0 aromatic rings. The smallest absolute Gasteiger partial charge is 0.0640 e. The summed E-state index contributed by atoms with van der Waals surface area (Å²) >= 11 is 0. The van der Waals surface area contributed by atoms with Gasteiger partial charge in [-0.3, -0.25) is 0 Å². The number of hydrogen-bond donors (Lipinski definition) is 1. The number of hydrogen-bond acceptors (Lipinski definition) is 3. The van der Waals surface area contributed by atoms with Gasteiger partial charge in [-0.25, -0.2) is 0 Å². The van der Waals surface area contributed by atoms with Crippen molar-refractivity contribution >= 4 is 0 Å². The van der Waals surface area contributed by atoms with Gasteiger partial charge in [0.05, 0.1) is 24.4 Å². The highest BCUT2D eigenvalue weighted by atomic mass is 16.5. The normalized spacial score (nSPS) is 45.6. The van der Waals surface area contributed by atoms with E-state index in [9.17, 15) is 5.11 Å². The molecule has 3 fully saturated rings. The Kier molecular flexibility index (Phi) is 6.73. The first kappa shape index (κ1) is 20.6. The lowest BCUT2D eigenvalue weighted by Gasteiger charge is -2.53. The predicted octanol–water partition coefficient (Wildman–Crippen LogP) is 4.91. The van der Waals surface area contributed by atoms with Gasteiger partial charge in [-0.15, -0.1) is 0 Å². The van der Waals surface area contributed by atoms with Crippen molar-refractivity contribution in [2.75, 3.05) is 6.61 Å². The van der Waals surface area contributed by atoms with Gasteiger partial charge in [0.2, 0.25) is 0 Å². The zero-order valence-corrected chi connectivity index (χ0v) is 17.9. The fourth-order valence-corrected chi connectivity index (χ4v) is 6.09. The second-order valence-electron chi connectivity index (χ2n) is 10.4. The van der Waals surface area contributed by atoms with Crippen LogP contribution in [0.2, 0.25) is 0 Å². The molecule has 0 aromatic heterocycles. The average molecular weight is 367 g/mol. The van der Waals surface area contributed by atoms with Crippen molar-refractivity contribution in [1.29, 1.82) is 0 Å². The molecule has 3 nitrogen and oxygen atoms in total. The van der Waals surface area contributed by atoms with Crippen molar-refractivity contribution in [2.45, 2.75) is 98.1 Å². The molecule has 2 aliphatic heterocycles. The summed E-state index contributed by atoms with van der Waals surface area (Å²) in [6.07, 6.45) is 6.77. The minimum Gasteiger partial charge on any atom is -0.393 e. The lowest BCUT2D eigenvalue weighted by molar-refractivity contribution is -0.194. The first-order valence-corrected chi connectivity index (χ1v) is 11.2. The molecule has 1 aliphatic carbocycles. The molecule has 0 aromatic carbocycles. The van der Waals surface area contributed by atoms with E-state index in [4.69, 9.17) is 9.47 Å². The quantitative estimate of drug-likeness (QED) is 0.768. The van der Waals surface area contributed by atoms with Crippen LogP contribution in [0.1, 0.15) is 73.6 Å². The Morgan fingerprint density at radius 2 is 1.69 bits per heavy atom. The highest BCUT2D eigenvalue weighted by Gasteiger charge is 2.49. The van der Waals surface area contributed by atoms with E-state index in [0.717, 1.165) is 32.3 Å². The monoisotopic (exact) mass is 366 g/mol. The number of ether oxygens (including phenoxy) is 2. The van der Waals surface area contributed by atoms with Crippen LogP contribution in [0.4, 0.5) is 0 Å². The van der Waals surface area contributed by atoms with Gasteiger partial charge >= 0.3 is 0 Å². The molecule has 3 rings (SSSR count). The van der Waals surface area contributed by atoms with Gasteiger partial charge in [-0.1, -0.05) is 34.6 Å². The van der Waals surface area contributed by atoms with Gasteiger partial charge in [0.25, 0.3) is 0 Å². The molecular weight excluding hydrogens is 324 g/mol. The summed E-state index contributed by atoms with van der Waals surface area (Å²) in [5, 5.41) is 10.8. The fourth-order valence-electron chi connectivity index (χ4n) is 6.09. The molecule has 0 amide bonds. The molecule has 9 unspecified atom stereocenters. The molecule has 0 radical (unpaired) electrons. The second-order valence-corrected chi connectivity index (χ2v) is 10.4. The summed E-state index contributed by atoms with van der Waals surface area (Å²) in [4.78, 5) is 0. The summed E-state index contributed by atoms with van der Waals surface area (Å²) in [5.41, 5.74) is 0. The topological polar surface area (TPSA) is 38.7 Å². The standard InChI is InChI=1S/C23H42O3/c1-13(2)19-11-18(22(24)14(3)4)12-20-15(5)9-21(26-23(19)20)17-7-8-25-16(6)10-17/h13-24H,7-12H2,1-6H3. The van der Waals surface area contributed by atoms with Crippen molar-refractivity contribution in [3.63, 3.8) is 0 Å². The molecule has 2 heterocycles. The van der Waals surface area contributed by atoms with Crippen molar-refractivity contribution in [3.8, 4) is 0 Å². The van der Waals surface area contributed by atoms with Crippen LogP contribution in [0.5, 0.6) is 0 Å². The maximum absolute atomic E-state index is 10.8. The van der Waals surface area contributed by atoms with Crippen molar-refractivity contribution in [1.82, 2.24) is 0 Å². The largest absolute Gasteiger partial charge is 0.393 e. The maximum Gasteiger partial charge on any atom is 0.0640 e. The Balaban J connectivity index is 1.74. The first-order valence-electron chi connectivity index (χ1n) is 11.2. The number of aliphatic hydroxyl groups excluding tert-OH is 1. The van der Waals surface area contributed by atoms with Crippen LogP contribution in [0.25, 0.3) is 0 Å². The van der Waals surface area contributed by atoms with Gasteiger partial charge in [-0.2, -0.15) is 0 Å². The van der Waals surface area contributed by atoms with E-state index in [1.165, 1.54) is 6.42 Å². The van der Waals surface area contributed by atoms with E-state index >= 15 is 0 Å². The SMILES string of the molecule is CC1CC(C2CC(C)C3CC(C(O)C(C)C)CC(C(C)C)C3O2)CCO1. The van der Waals surface area contributed by atoms with Gasteiger partial charge in [-0.05, 0) is 80.5 Å². The molecule has 9 atom stereocenters. The van der Waals surface area contributed by atoms with E-state index in [2.05, 4.69) is 41.5 Å². The Morgan fingerprint density at radius 1 is 0.962 bits per heavy atom. The lowest BCUT2D eigenvalue weighted by atomic mass is 9.61. The van der Waals surface area contributed by atoms with Crippen LogP contribution in [-0.4, -0.2) is 36.1 Å². The summed E-state index contributed by atoms with van der Waals surface area (Å²) in [6, 6.07) is 0. The molecule has 152 valence electrons. The first-order chi connectivity index (χ1) is 12.3. The van der Waals surface area contributed by atoms with Crippen molar-refractivity contribution < 1.29 is 14.6 Å². The van der Waals surface area contributed by atoms with E-state index in [1.807, 2.05) is 0 Å². The Morgan fingerprint density at radius 3 is 2.31 bits per heavy atom. The van der Waals surface area contributed by atoms with Crippen LogP contribution < -0.4 is 0 Å². The predicted molar refractivity (Wildman–Crippen MR) is 106 cm³/mol. The summed E-state index contributed by atoms with van der Waals surface area (Å²) in [7, 11) is 0. The van der Waals surface area contributed by atoms with Gasteiger partial charge in [0.1, 0.15) is 0 Å². The number of rotatable bonds is 4. The zero-order chi connectivity index (χ0) is 19.0. The van der Waals surface area contributed by atoms with Gasteiger partial charge in [0, 0.05) is 6.61 Å². The van der Waals surface area contributed by atoms with Crippen LogP contribution in [0.15, 0.2) is 0 Å². The van der Waals surface area contributed by atoms with Crippen molar-refractivity contribution in [3.05, 3.63) is 0 Å². The lowest BCUT2D eigenvalue weighted by Crippen LogP contribution is -2.53. The third-order valence-corrected chi connectivity index (χ3v) is 7.73. The molecule has 2 saturated heterocycles. The summed E-state index contributed by atoms with van der Waals surface area (Å²) < 4.78 is 12.6. The summed E-state index contributed by atoms with van der Waals surface area (Å²) in [6.45, 7) is 14.5. The molecule has 1 N–H and O–H groups in total. The molecule has 0 spiro atoms. The van der Waals surface area contributed by atoms with E-state index < -0.39 is 0 Å². The highest BCUT2D eigenvalue weighted by molar-refractivity contribution is 4.97. The molecule has 0 bridgehead atoms. The third kappa shape index (κ3) is 4.31. The van der Waals surface area contributed by atoms with E-state index in [1.54, 1.807) is 0 Å². The van der Waals surface area contributed by atoms with E-state index in [-0.39, 0.29) is 6.10 Å². The van der Waals surface area contributed by atoms with E-state index in [0.29, 0.717) is 59.7 Å². The van der Waals surface area contributed by atoms with Crippen LogP contribution in [0.3, 0.4) is 0 Å². The average Bonchev–Trinajstić information content (AvgIpc) is 2.60. The van der Waals surface area contributed by atoms with Gasteiger partial charge < -0.3 is 14.6 Å². The van der Waals surface area contributed by atoms with Crippen LogP contribution >= 0.6 is 0 Å². The Bertz CT molecular complexity index is 441. The van der Waals surface area contributed by atoms with Crippen LogP contribution in [-0.2, 0) is 9.47 Å². The Labute approximate surface area is 161 Å². The minimum absolute atomic E-state index is 0.168. The highest BCUT2D eigenvalue weighted by Crippen LogP contribution is 2.49. The third-order valence-electron chi connectivity index (χ3n) is 7.73. The Hall–Kier alpha value is -0.120. The van der Waals surface area contributed by atoms with Gasteiger partial charge in [0.15, 0.2) is 0 Å². The molecule has 26 heavy (non-hydrogen) atoms.